The van der Waals surface area contributed by atoms with E-state index in [-0.39, 0.29) is 29.9 Å². The highest BCUT2D eigenvalue weighted by Gasteiger charge is 2.29. The number of guanidine groups is 1. The first kappa shape index (κ1) is 22.5. The number of hydrogen-bond donors (Lipinski definition) is 2. The van der Waals surface area contributed by atoms with Crippen molar-refractivity contribution in [2.75, 3.05) is 0 Å². The molecule has 0 aromatic heterocycles. The van der Waals surface area contributed by atoms with E-state index >= 15 is 0 Å². The van der Waals surface area contributed by atoms with Gasteiger partial charge in [-0.1, -0.05) is 75.7 Å². The Morgan fingerprint density at radius 1 is 1.19 bits per heavy atom. The molecule has 0 fully saturated rings. The summed E-state index contributed by atoms with van der Waals surface area (Å²) in [5, 5.41) is 0. The molecule has 6 nitrogen and oxygen atoms in total. The zero-order chi connectivity index (χ0) is 22.4. The molecule has 31 heavy (non-hydrogen) atoms. The van der Waals surface area contributed by atoms with E-state index in [1.54, 1.807) is 4.90 Å². The van der Waals surface area contributed by atoms with Crippen molar-refractivity contribution in [3.8, 4) is 0 Å². The van der Waals surface area contributed by atoms with E-state index in [2.05, 4.69) is 37.9 Å². The average molecular weight is 420 g/mol. The molecule has 0 bridgehead atoms. The highest BCUT2D eigenvalue weighted by atomic mass is 16.2. The van der Waals surface area contributed by atoms with Crippen molar-refractivity contribution in [2.24, 2.45) is 27.4 Å². The van der Waals surface area contributed by atoms with Gasteiger partial charge in [0.15, 0.2) is 5.96 Å². The van der Waals surface area contributed by atoms with Gasteiger partial charge in [0.25, 0.3) is 0 Å². The van der Waals surface area contributed by atoms with Crippen LogP contribution in [0.4, 0.5) is 0 Å². The molecule has 1 amide bonds. The Bertz CT molecular complexity index is 951. The lowest BCUT2D eigenvalue weighted by Gasteiger charge is -2.30. The van der Waals surface area contributed by atoms with E-state index in [1.807, 2.05) is 42.5 Å². The molecule has 1 aliphatic rings. The van der Waals surface area contributed by atoms with Crippen molar-refractivity contribution < 1.29 is 4.79 Å². The number of rotatable bonds is 8. The predicted octanol–water partition coefficient (Wildman–Crippen LogP) is 4.00. The molecule has 2 atom stereocenters. The van der Waals surface area contributed by atoms with E-state index in [9.17, 15) is 4.79 Å². The van der Waals surface area contributed by atoms with E-state index in [1.165, 1.54) is 0 Å². The van der Waals surface area contributed by atoms with Gasteiger partial charge in [-0.15, -0.1) is 0 Å². The third kappa shape index (κ3) is 5.72. The number of carbonyl (C=O) groups is 1. The minimum atomic E-state index is -0.0497. The van der Waals surface area contributed by atoms with Crippen molar-refractivity contribution in [1.82, 2.24) is 4.90 Å². The summed E-state index contributed by atoms with van der Waals surface area (Å²) in [6, 6.07) is 18.0. The van der Waals surface area contributed by atoms with Crippen LogP contribution in [-0.4, -0.2) is 28.6 Å². The number of nitrogens with two attached hydrogens (primary N) is 2. The zero-order valence-electron chi connectivity index (χ0n) is 18.7. The van der Waals surface area contributed by atoms with Gasteiger partial charge in [-0.2, -0.15) is 0 Å². The molecule has 2 aromatic carbocycles. The van der Waals surface area contributed by atoms with Crippen LogP contribution in [0.5, 0.6) is 0 Å². The van der Waals surface area contributed by atoms with Crippen LogP contribution < -0.4 is 11.5 Å². The minimum absolute atomic E-state index is 0.00493. The third-order valence-electron chi connectivity index (χ3n) is 5.63. The van der Waals surface area contributed by atoms with Crippen LogP contribution in [-0.2, 0) is 11.3 Å². The molecule has 0 aliphatic carbocycles. The van der Waals surface area contributed by atoms with Crippen LogP contribution in [0.25, 0.3) is 0 Å². The summed E-state index contributed by atoms with van der Waals surface area (Å²) >= 11 is 0. The molecule has 4 N–H and O–H groups in total. The molecule has 0 saturated carbocycles. The number of benzene rings is 2. The summed E-state index contributed by atoms with van der Waals surface area (Å²) in [5.74, 6) is 1.07. The molecule has 164 valence electrons. The van der Waals surface area contributed by atoms with Crippen molar-refractivity contribution in [3.05, 3.63) is 71.3 Å². The van der Waals surface area contributed by atoms with Crippen molar-refractivity contribution >= 4 is 17.7 Å². The zero-order valence-corrected chi connectivity index (χ0v) is 18.7. The van der Waals surface area contributed by atoms with Crippen molar-refractivity contribution in [3.63, 3.8) is 0 Å². The molecule has 0 radical (unpaired) electrons. The second kappa shape index (κ2) is 10.2. The summed E-state index contributed by atoms with van der Waals surface area (Å²) in [6.45, 7) is 6.62. The van der Waals surface area contributed by atoms with Gasteiger partial charge in [-0.3, -0.25) is 14.7 Å². The minimum Gasteiger partial charge on any atom is -0.383 e. The molecule has 1 unspecified atom stereocenters. The lowest BCUT2D eigenvalue weighted by atomic mass is 9.99. The lowest BCUT2D eigenvalue weighted by Crippen LogP contribution is -2.47. The Hall–Kier alpha value is -3.15. The van der Waals surface area contributed by atoms with Gasteiger partial charge in [-0.25, -0.2) is 4.99 Å². The van der Waals surface area contributed by atoms with Crippen LogP contribution in [0, 0.1) is 5.92 Å². The maximum absolute atomic E-state index is 12.6. The predicted molar refractivity (Wildman–Crippen MR) is 127 cm³/mol. The molecule has 1 aliphatic heterocycles. The molecule has 0 saturated heterocycles. The Morgan fingerprint density at radius 2 is 1.94 bits per heavy atom. The maximum atomic E-state index is 12.6. The molecule has 0 spiro atoms. The number of amidine groups is 1. The fraction of sp³-hybridized carbons (Fsp3) is 0.400. The van der Waals surface area contributed by atoms with Gasteiger partial charge in [0, 0.05) is 5.56 Å². The van der Waals surface area contributed by atoms with Gasteiger partial charge >= 0.3 is 0 Å². The van der Waals surface area contributed by atoms with Gasteiger partial charge < -0.3 is 11.5 Å². The molecule has 6 heteroatoms. The SMILES string of the molecule is CCC[C@H](N=C(N)c1cccc(CN2C(=O)CC(C(C)C)N=C2N)c1)c1ccccc1. The Kier molecular flexibility index (Phi) is 7.45. The van der Waals surface area contributed by atoms with Gasteiger partial charge in [0.1, 0.15) is 5.84 Å². The average Bonchev–Trinajstić information content (AvgIpc) is 2.76. The van der Waals surface area contributed by atoms with Crippen LogP contribution in [0.2, 0.25) is 0 Å². The molecular weight excluding hydrogens is 386 g/mol. The van der Waals surface area contributed by atoms with E-state index < -0.39 is 0 Å². The summed E-state index contributed by atoms with van der Waals surface area (Å²) < 4.78 is 0. The van der Waals surface area contributed by atoms with Crippen LogP contribution in [0.15, 0.2) is 64.6 Å². The largest absolute Gasteiger partial charge is 0.383 e. The number of carbonyl (C=O) groups excluding carboxylic acids is 1. The second-order valence-electron chi connectivity index (χ2n) is 8.41. The fourth-order valence-electron chi connectivity index (χ4n) is 3.76. The van der Waals surface area contributed by atoms with Crippen molar-refractivity contribution in [1.29, 1.82) is 0 Å². The van der Waals surface area contributed by atoms with Crippen LogP contribution >= 0.6 is 0 Å². The number of nitrogens with zero attached hydrogens (tertiary/aromatic N) is 3. The Balaban J connectivity index is 1.80. The third-order valence-corrected chi connectivity index (χ3v) is 5.63. The van der Waals surface area contributed by atoms with Crippen LogP contribution in [0.1, 0.15) is 62.8 Å². The quantitative estimate of drug-likeness (QED) is 0.500. The summed E-state index contributed by atoms with van der Waals surface area (Å²) in [6.07, 6.45) is 2.33. The molecule has 1 heterocycles. The summed E-state index contributed by atoms with van der Waals surface area (Å²) in [7, 11) is 0. The summed E-state index contributed by atoms with van der Waals surface area (Å²) in [4.78, 5) is 23.5. The Labute approximate surface area is 185 Å². The summed E-state index contributed by atoms with van der Waals surface area (Å²) in [5.41, 5.74) is 15.4. The smallest absolute Gasteiger partial charge is 0.231 e. The van der Waals surface area contributed by atoms with Gasteiger partial charge in [-0.05, 0) is 29.5 Å². The molecule has 3 rings (SSSR count). The molecule has 2 aromatic rings. The maximum Gasteiger partial charge on any atom is 0.231 e. The number of hydrogen-bond acceptors (Lipinski definition) is 4. The second-order valence-corrected chi connectivity index (χ2v) is 8.41. The van der Waals surface area contributed by atoms with E-state index in [0.717, 1.165) is 29.5 Å². The first-order chi connectivity index (χ1) is 14.9. The first-order valence-electron chi connectivity index (χ1n) is 11.0. The molecular formula is C25H33N5O. The van der Waals surface area contributed by atoms with Crippen molar-refractivity contribution in [2.45, 2.75) is 58.7 Å². The van der Waals surface area contributed by atoms with Gasteiger partial charge in [0.05, 0.1) is 25.0 Å². The first-order valence-corrected chi connectivity index (χ1v) is 11.0. The van der Waals surface area contributed by atoms with Crippen LogP contribution in [0.3, 0.4) is 0 Å². The van der Waals surface area contributed by atoms with E-state index in [4.69, 9.17) is 16.5 Å². The highest BCUT2D eigenvalue weighted by molar-refractivity contribution is 5.99. The fourth-order valence-corrected chi connectivity index (χ4v) is 3.76. The Morgan fingerprint density at radius 3 is 2.58 bits per heavy atom. The standard InChI is InChI=1S/C25H33N5O/c1-4-9-21(19-11-6-5-7-12-19)28-24(26)20-13-8-10-18(14-20)16-30-23(31)15-22(17(2)3)29-25(30)27/h5-8,10-14,17,21-22H,4,9,15-16H2,1-3H3,(H2,26,28)(H2,27,29)/t21-,22?/m0/s1. The lowest BCUT2D eigenvalue weighted by molar-refractivity contribution is -0.129. The van der Waals surface area contributed by atoms with Gasteiger partial charge in [0.2, 0.25) is 5.91 Å². The topological polar surface area (TPSA) is 97.1 Å². The monoisotopic (exact) mass is 419 g/mol. The normalized spacial score (nSPS) is 18.3. The van der Waals surface area contributed by atoms with E-state index in [0.29, 0.717) is 18.8 Å². The number of aliphatic imine (C=N–C) groups is 2. The highest BCUT2D eigenvalue weighted by Crippen LogP contribution is 2.24. The number of amides is 1.